The van der Waals surface area contributed by atoms with E-state index >= 15 is 0 Å². The summed E-state index contributed by atoms with van der Waals surface area (Å²) in [4.78, 5) is 12.2. The first-order valence-electron chi connectivity index (χ1n) is 7.16. The lowest BCUT2D eigenvalue weighted by Gasteiger charge is -2.09. The summed E-state index contributed by atoms with van der Waals surface area (Å²) in [5.41, 5.74) is 1.07. The van der Waals surface area contributed by atoms with E-state index in [1.807, 2.05) is 6.07 Å². The van der Waals surface area contributed by atoms with Crippen molar-refractivity contribution in [3.05, 3.63) is 71.7 Å². The molecule has 1 amide bonds. The lowest BCUT2D eigenvalue weighted by atomic mass is 10.2. The normalized spacial score (nSPS) is 10.6. The fourth-order valence-corrected chi connectivity index (χ4v) is 2.00. The standard InChI is InChI=1S/C18H16FN3O2/c1-24-17-8-3-2-7-16(17)22-18(23)14(10-20)12-21-11-13-5-4-6-15(19)9-13/h2-9,12,21H,11H2,1H3,(H,22,23)/b14-12-. The van der Waals surface area contributed by atoms with Crippen LogP contribution in [0.4, 0.5) is 10.1 Å². The van der Waals surface area contributed by atoms with Gasteiger partial charge in [-0.15, -0.1) is 0 Å². The van der Waals surface area contributed by atoms with E-state index in [0.29, 0.717) is 23.5 Å². The average Bonchev–Trinajstić information content (AvgIpc) is 2.59. The number of ether oxygens (including phenoxy) is 1. The number of para-hydroxylation sites is 2. The quantitative estimate of drug-likeness (QED) is 0.632. The molecule has 24 heavy (non-hydrogen) atoms. The second kappa shape index (κ2) is 8.34. The molecule has 0 atom stereocenters. The van der Waals surface area contributed by atoms with Crippen molar-refractivity contribution in [2.75, 3.05) is 12.4 Å². The molecule has 0 aliphatic heterocycles. The Labute approximate surface area is 139 Å². The van der Waals surface area contributed by atoms with Crippen LogP contribution in [0, 0.1) is 17.1 Å². The van der Waals surface area contributed by atoms with Crippen molar-refractivity contribution < 1.29 is 13.9 Å². The van der Waals surface area contributed by atoms with Crippen molar-refractivity contribution in [1.82, 2.24) is 5.32 Å². The number of halogens is 1. The van der Waals surface area contributed by atoms with Crippen LogP contribution in [0.2, 0.25) is 0 Å². The maximum Gasteiger partial charge on any atom is 0.267 e. The highest BCUT2D eigenvalue weighted by molar-refractivity contribution is 6.07. The summed E-state index contributed by atoms with van der Waals surface area (Å²) >= 11 is 0. The number of carbonyl (C=O) groups excluding carboxylic acids is 1. The zero-order valence-electron chi connectivity index (χ0n) is 13.0. The van der Waals surface area contributed by atoms with Crippen molar-refractivity contribution in [3.8, 4) is 11.8 Å². The molecular formula is C18H16FN3O2. The summed E-state index contributed by atoms with van der Waals surface area (Å²) < 4.78 is 18.2. The number of hydrogen-bond acceptors (Lipinski definition) is 4. The molecule has 0 aliphatic rings. The summed E-state index contributed by atoms with van der Waals surface area (Å²) in [6.45, 7) is 0.297. The highest BCUT2D eigenvalue weighted by Crippen LogP contribution is 2.23. The largest absolute Gasteiger partial charge is 0.495 e. The fourth-order valence-electron chi connectivity index (χ4n) is 2.00. The summed E-state index contributed by atoms with van der Waals surface area (Å²) in [6, 6.07) is 14.8. The molecule has 2 N–H and O–H groups in total. The maximum atomic E-state index is 13.1. The van der Waals surface area contributed by atoms with E-state index in [4.69, 9.17) is 10.00 Å². The Morgan fingerprint density at radius 2 is 2.08 bits per heavy atom. The van der Waals surface area contributed by atoms with Crippen LogP contribution in [0.3, 0.4) is 0 Å². The lowest BCUT2D eigenvalue weighted by molar-refractivity contribution is -0.112. The van der Waals surface area contributed by atoms with Crippen molar-refractivity contribution in [2.45, 2.75) is 6.54 Å². The molecule has 0 heterocycles. The molecule has 0 saturated carbocycles. The SMILES string of the molecule is COc1ccccc1NC(=O)/C(C#N)=C\NCc1cccc(F)c1. The number of nitriles is 1. The van der Waals surface area contributed by atoms with Crippen molar-refractivity contribution in [3.63, 3.8) is 0 Å². The Kier molecular flexibility index (Phi) is 5.92. The van der Waals surface area contributed by atoms with Crippen LogP contribution in [0.15, 0.2) is 60.3 Å². The molecule has 0 fully saturated rings. The topological polar surface area (TPSA) is 74.1 Å². The molecule has 0 unspecified atom stereocenters. The van der Waals surface area contributed by atoms with Crippen LogP contribution in [-0.4, -0.2) is 13.0 Å². The minimum Gasteiger partial charge on any atom is -0.495 e. The number of nitrogens with one attached hydrogen (secondary N) is 2. The molecule has 0 radical (unpaired) electrons. The molecule has 0 spiro atoms. The maximum absolute atomic E-state index is 13.1. The molecule has 2 rings (SSSR count). The second-order valence-corrected chi connectivity index (χ2v) is 4.84. The van der Waals surface area contributed by atoms with Crippen LogP contribution in [-0.2, 0) is 11.3 Å². The fraction of sp³-hybridized carbons (Fsp3) is 0.111. The van der Waals surface area contributed by atoms with Crippen LogP contribution in [0.1, 0.15) is 5.56 Å². The molecule has 2 aromatic carbocycles. The average molecular weight is 325 g/mol. The predicted octanol–water partition coefficient (Wildman–Crippen LogP) is 2.97. The van der Waals surface area contributed by atoms with E-state index in [1.165, 1.54) is 25.4 Å². The second-order valence-electron chi connectivity index (χ2n) is 4.84. The lowest BCUT2D eigenvalue weighted by Crippen LogP contribution is -2.17. The van der Waals surface area contributed by atoms with Gasteiger partial charge in [0.15, 0.2) is 0 Å². The smallest absolute Gasteiger partial charge is 0.267 e. The molecular weight excluding hydrogens is 309 g/mol. The molecule has 0 aliphatic carbocycles. The van der Waals surface area contributed by atoms with Gasteiger partial charge >= 0.3 is 0 Å². The highest BCUT2D eigenvalue weighted by Gasteiger charge is 2.11. The van der Waals surface area contributed by atoms with Gasteiger partial charge in [-0.25, -0.2) is 4.39 Å². The van der Waals surface area contributed by atoms with Crippen LogP contribution in [0.25, 0.3) is 0 Å². The molecule has 5 nitrogen and oxygen atoms in total. The molecule has 0 aromatic heterocycles. The number of rotatable bonds is 6. The Hall–Kier alpha value is -3.33. The first-order chi connectivity index (χ1) is 11.6. The Morgan fingerprint density at radius 1 is 1.29 bits per heavy atom. The third kappa shape index (κ3) is 4.58. The van der Waals surface area contributed by atoms with Gasteiger partial charge in [-0.2, -0.15) is 5.26 Å². The Morgan fingerprint density at radius 3 is 2.79 bits per heavy atom. The van der Waals surface area contributed by atoms with Gasteiger partial charge in [-0.05, 0) is 29.8 Å². The van der Waals surface area contributed by atoms with Gasteiger partial charge in [0.2, 0.25) is 0 Å². The van der Waals surface area contributed by atoms with Crippen LogP contribution < -0.4 is 15.4 Å². The highest BCUT2D eigenvalue weighted by atomic mass is 19.1. The number of anilines is 1. The summed E-state index contributed by atoms with van der Waals surface area (Å²) in [7, 11) is 1.49. The van der Waals surface area contributed by atoms with Crippen LogP contribution in [0.5, 0.6) is 5.75 Å². The van der Waals surface area contributed by atoms with Gasteiger partial charge in [-0.1, -0.05) is 24.3 Å². The van der Waals surface area contributed by atoms with Crippen LogP contribution >= 0.6 is 0 Å². The van der Waals surface area contributed by atoms with Gasteiger partial charge in [0.05, 0.1) is 12.8 Å². The molecule has 0 bridgehead atoms. The zero-order chi connectivity index (χ0) is 17.4. The number of nitrogens with zero attached hydrogens (tertiary/aromatic N) is 1. The van der Waals surface area contributed by atoms with E-state index in [0.717, 1.165) is 0 Å². The Bertz CT molecular complexity index is 797. The van der Waals surface area contributed by atoms with Gasteiger partial charge < -0.3 is 15.4 Å². The summed E-state index contributed by atoms with van der Waals surface area (Å²) in [5.74, 6) is -0.405. The van der Waals surface area contributed by atoms with E-state index in [1.54, 1.807) is 36.4 Å². The third-order valence-electron chi connectivity index (χ3n) is 3.16. The van der Waals surface area contributed by atoms with Gasteiger partial charge in [0.25, 0.3) is 5.91 Å². The summed E-state index contributed by atoms with van der Waals surface area (Å²) in [6.07, 6.45) is 1.30. The zero-order valence-corrected chi connectivity index (χ0v) is 13.0. The van der Waals surface area contributed by atoms with Gasteiger partial charge in [0, 0.05) is 12.7 Å². The number of amides is 1. The Balaban J connectivity index is 2.02. The van der Waals surface area contributed by atoms with Gasteiger partial charge in [-0.3, -0.25) is 4.79 Å². The minimum atomic E-state index is -0.561. The number of carbonyl (C=O) groups is 1. The first-order valence-corrected chi connectivity index (χ1v) is 7.16. The van der Waals surface area contributed by atoms with E-state index in [-0.39, 0.29) is 11.4 Å². The molecule has 0 saturated heterocycles. The molecule has 2 aromatic rings. The van der Waals surface area contributed by atoms with E-state index in [9.17, 15) is 9.18 Å². The first kappa shape index (κ1) is 17.0. The summed E-state index contributed by atoms with van der Waals surface area (Å²) in [5, 5.41) is 14.6. The molecule has 122 valence electrons. The van der Waals surface area contributed by atoms with E-state index in [2.05, 4.69) is 10.6 Å². The number of hydrogen-bond donors (Lipinski definition) is 2. The number of methoxy groups -OCH3 is 1. The number of benzene rings is 2. The van der Waals surface area contributed by atoms with Crippen molar-refractivity contribution in [1.29, 1.82) is 5.26 Å². The van der Waals surface area contributed by atoms with Crippen molar-refractivity contribution in [2.24, 2.45) is 0 Å². The predicted molar refractivity (Wildman–Crippen MR) is 88.6 cm³/mol. The monoisotopic (exact) mass is 325 g/mol. The van der Waals surface area contributed by atoms with Gasteiger partial charge in [0.1, 0.15) is 23.2 Å². The third-order valence-corrected chi connectivity index (χ3v) is 3.16. The minimum absolute atomic E-state index is 0.0997. The molecule has 6 heteroatoms. The van der Waals surface area contributed by atoms with E-state index < -0.39 is 5.91 Å². The van der Waals surface area contributed by atoms with Crippen molar-refractivity contribution >= 4 is 11.6 Å².